The van der Waals surface area contributed by atoms with Crippen molar-refractivity contribution in [2.75, 3.05) is 20.8 Å². The lowest BCUT2D eigenvalue weighted by Gasteiger charge is -2.38. The van der Waals surface area contributed by atoms with Crippen LogP contribution in [-0.4, -0.2) is 47.4 Å². The third-order valence-electron chi connectivity index (χ3n) is 9.67. The van der Waals surface area contributed by atoms with E-state index in [0.29, 0.717) is 35.2 Å². The fourth-order valence-corrected chi connectivity index (χ4v) is 7.42. The Morgan fingerprint density at radius 1 is 0.886 bits per heavy atom. The van der Waals surface area contributed by atoms with Crippen LogP contribution in [0.2, 0.25) is 0 Å². The van der Waals surface area contributed by atoms with E-state index >= 15 is 0 Å². The van der Waals surface area contributed by atoms with Crippen molar-refractivity contribution in [1.29, 1.82) is 0 Å². The van der Waals surface area contributed by atoms with Gasteiger partial charge in [-0.15, -0.1) is 0 Å². The maximum atomic E-state index is 11.6. The monoisotopic (exact) mass is 598 g/mol. The molecule has 6 rings (SSSR count). The third-order valence-corrected chi connectivity index (χ3v) is 9.67. The summed E-state index contributed by atoms with van der Waals surface area (Å²) in [5.41, 5.74) is 6.03. The SMILES string of the molecule is CCC(CCCO)CCC1Cc2cc(O)c3ccccc3c2-c2c(OC)cc3c(c21)CC(O)C(c1ccc(O)c(OC)c1)O3. The van der Waals surface area contributed by atoms with Crippen LogP contribution in [0.5, 0.6) is 28.7 Å². The predicted molar refractivity (Wildman–Crippen MR) is 171 cm³/mol. The number of phenolic OH excluding ortho intramolecular Hbond substituents is 2. The van der Waals surface area contributed by atoms with Crippen molar-refractivity contribution in [2.24, 2.45) is 5.92 Å². The fourth-order valence-electron chi connectivity index (χ4n) is 7.42. The first-order chi connectivity index (χ1) is 21.4. The largest absolute Gasteiger partial charge is 0.507 e. The first-order valence-electron chi connectivity index (χ1n) is 15.7. The van der Waals surface area contributed by atoms with E-state index < -0.39 is 12.2 Å². The fraction of sp³-hybridized carbons (Fsp3) is 0.405. The Hall–Kier alpha value is -3.94. The van der Waals surface area contributed by atoms with E-state index in [0.717, 1.165) is 77.1 Å². The molecule has 0 saturated heterocycles. The van der Waals surface area contributed by atoms with Crippen LogP contribution in [0, 0.1) is 5.92 Å². The van der Waals surface area contributed by atoms with Gasteiger partial charge < -0.3 is 34.6 Å². The lowest BCUT2D eigenvalue weighted by atomic mass is 9.71. The van der Waals surface area contributed by atoms with Gasteiger partial charge in [0.25, 0.3) is 0 Å². The molecule has 44 heavy (non-hydrogen) atoms. The van der Waals surface area contributed by atoms with E-state index in [1.807, 2.05) is 30.3 Å². The molecule has 1 aliphatic carbocycles. The molecule has 0 fully saturated rings. The van der Waals surface area contributed by atoms with Gasteiger partial charge in [-0.25, -0.2) is 0 Å². The van der Waals surface area contributed by atoms with E-state index in [9.17, 15) is 20.4 Å². The van der Waals surface area contributed by atoms with E-state index in [1.54, 1.807) is 25.3 Å². The van der Waals surface area contributed by atoms with Gasteiger partial charge in [0.15, 0.2) is 11.5 Å². The molecule has 0 spiro atoms. The van der Waals surface area contributed by atoms with Crippen LogP contribution in [-0.2, 0) is 12.8 Å². The van der Waals surface area contributed by atoms with Crippen molar-refractivity contribution < 1.29 is 34.6 Å². The van der Waals surface area contributed by atoms with Crippen LogP contribution < -0.4 is 14.2 Å². The zero-order valence-corrected chi connectivity index (χ0v) is 25.7. The topological polar surface area (TPSA) is 109 Å². The third kappa shape index (κ3) is 5.33. The molecule has 4 N–H and O–H groups in total. The number of aromatic hydroxyl groups is 2. The summed E-state index contributed by atoms with van der Waals surface area (Å²) >= 11 is 0. The van der Waals surface area contributed by atoms with Gasteiger partial charge in [0.2, 0.25) is 0 Å². The average Bonchev–Trinajstić information content (AvgIpc) is 3.04. The molecule has 1 heterocycles. The van der Waals surface area contributed by atoms with Gasteiger partial charge in [-0.1, -0.05) is 43.7 Å². The van der Waals surface area contributed by atoms with Crippen molar-refractivity contribution in [3.05, 3.63) is 76.9 Å². The van der Waals surface area contributed by atoms with Gasteiger partial charge in [-0.2, -0.15) is 0 Å². The molecular weight excluding hydrogens is 556 g/mol. The molecular formula is C37H42O7. The summed E-state index contributed by atoms with van der Waals surface area (Å²) in [6, 6.07) is 16.8. The molecule has 0 aromatic heterocycles. The zero-order chi connectivity index (χ0) is 31.0. The Balaban J connectivity index is 1.50. The van der Waals surface area contributed by atoms with Crippen molar-refractivity contribution in [1.82, 2.24) is 0 Å². The van der Waals surface area contributed by atoms with Crippen molar-refractivity contribution in [3.8, 4) is 39.9 Å². The molecule has 1 aliphatic heterocycles. The molecule has 4 aromatic carbocycles. The first kappa shape index (κ1) is 30.1. The molecule has 7 nitrogen and oxygen atoms in total. The average molecular weight is 599 g/mol. The number of phenols is 2. The maximum absolute atomic E-state index is 11.6. The second-order valence-electron chi connectivity index (χ2n) is 12.2. The van der Waals surface area contributed by atoms with E-state index in [1.165, 1.54) is 7.11 Å². The van der Waals surface area contributed by atoms with Crippen molar-refractivity contribution >= 4 is 10.8 Å². The molecule has 7 heteroatoms. The van der Waals surface area contributed by atoms with E-state index in [4.69, 9.17) is 14.2 Å². The minimum Gasteiger partial charge on any atom is -0.507 e. The lowest BCUT2D eigenvalue weighted by Crippen LogP contribution is -2.32. The summed E-state index contributed by atoms with van der Waals surface area (Å²) in [4.78, 5) is 0. The number of benzene rings is 4. The van der Waals surface area contributed by atoms with Crippen LogP contribution in [0.1, 0.15) is 73.3 Å². The Kier molecular flexibility index (Phi) is 8.61. The molecule has 232 valence electrons. The number of hydrogen-bond acceptors (Lipinski definition) is 7. The molecule has 0 bridgehead atoms. The summed E-state index contributed by atoms with van der Waals surface area (Å²) in [5.74, 6) is 2.66. The lowest BCUT2D eigenvalue weighted by molar-refractivity contribution is 0.0201. The maximum Gasteiger partial charge on any atom is 0.160 e. The Bertz CT molecular complexity index is 1660. The van der Waals surface area contributed by atoms with Crippen molar-refractivity contribution in [2.45, 2.75) is 70.0 Å². The number of fused-ring (bicyclic) bond motifs is 7. The van der Waals surface area contributed by atoms with Gasteiger partial charge in [-0.05, 0) is 89.8 Å². The van der Waals surface area contributed by atoms with Crippen molar-refractivity contribution in [3.63, 3.8) is 0 Å². The smallest absolute Gasteiger partial charge is 0.160 e. The number of hydrogen-bond donors (Lipinski definition) is 4. The zero-order valence-electron chi connectivity index (χ0n) is 25.7. The van der Waals surface area contributed by atoms with E-state index in [-0.39, 0.29) is 24.0 Å². The van der Waals surface area contributed by atoms with Crippen LogP contribution >= 0.6 is 0 Å². The van der Waals surface area contributed by atoms with Gasteiger partial charge in [0.05, 0.1) is 20.3 Å². The second-order valence-corrected chi connectivity index (χ2v) is 12.2. The number of methoxy groups -OCH3 is 2. The van der Waals surface area contributed by atoms with Crippen LogP contribution in [0.25, 0.3) is 21.9 Å². The normalized spacial score (nSPS) is 19.4. The molecule has 4 unspecified atom stereocenters. The summed E-state index contributed by atoms with van der Waals surface area (Å²) in [6.07, 6.45) is 4.48. The molecule has 4 aromatic rings. The van der Waals surface area contributed by atoms with Gasteiger partial charge in [0.1, 0.15) is 23.4 Å². The molecule has 4 atom stereocenters. The molecule has 0 saturated carbocycles. The molecule has 2 aliphatic rings. The highest BCUT2D eigenvalue weighted by Gasteiger charge is 2.39. The Labute approximate surface area is 258 Å². The first-order valence-corrected chi connectivity index (χ1v) is 15.7. The minimum atomic E-state index is -0.819. The minimum absolute atomic E-state index is 0.0295. The predicted octanol–water partition coefficient (Wildman–Crippen LogP) is 7.19. The Morgan fingerprint density at radius 3 is 2.39 bits per heavy atom. The number of aliphatic hydroxyl groups is 2. The summed E-state index contributed by atoms with van der Waals surface area (Å²) in [6.45, 7) is 2.42. The van der Waals surface area contributed by atoms with Gasteiger partial charge >= 0.3 is 0 Å². The van der Waals surface area contributed by atoms with Crippen LogP contribution in [0.3, 0.4) is 0 Å². The summed E-state index contributed by atoms with van der Waals surface area (Å²) in [5, 5.41) is 43.9. The van der Waals surface area contributed by atoms with Gasteiger partial charge in [-0.3, -0.25) is 0 Å². The Morgan fingerprint density at radius 2 is 1.66 bits per heavy atom. The molecule has 0 radical (unpaired) electrons. The highest BCUT2D eigenvalue weighted by Crippen LogP contribution is 2.55. The molecule has 0 amide bonds. The van der Waals surface area contributed by atoms with Gasteiger partial charge in [0, 0.05) is 35.6 Å². The van der Waals surface area contributed by atoms with Crippen LogP contribution in [0.15, 0.2) is 54.6 Å². The highest BCUT2D eigenvalue weighted by atomic mass is 16.5. The number of rotatable bonds is 10. The highest BCUT2D eigenvalue weighted by molar-refractivity contribution is 6.04. The van der Waals surface area contributed by atoms with E-state index in [2.05, 4.69) is 13.0 Å². The summed E-state index contributed by atoms with van der Waals surface area (Å²) in [7, 11) is 3.17. The summed E-state index contributed by atoms with van der Waals surface area (Å²) < 4.78 is 18.0. The standard InChI is InChI=1S/C37H42O7/c1-4-21(8-7-15-38)11-12-22-16-24-17-29(40)25-9-5-6-10-26(25)35(24)36-33(43-3)20-31-27(34(22)36)19-30(41)37(44-31)23-13-14-28(39)32(18-23)42-2/h5-6,9-10,13-14,17-18,20-22,30,37-41H,4,7-8,11-12,15-16,19H2,1-3H3. The second kappa shape index (κ2) is 12.6. The quantitative estimate of drug-likeness (QED) is 0.153. The number of aliphatic hydroxyl groups excluding tert-OH is 2. The number of ether oxygens (including phenoxy) is 3. The van der Waals surface area contributed by atoms with Crippen LogP contribution in [0.4, 0.5) is 0 Å².